The SMILES string of the molecule is O=C1CCC(N2C(=O)c3ccc(CN[C@]45CNC[C@H]4C5)cc3C2=O)C(=O)N1. The Bertz CT molecular complexity index is 898. The van der Waals surface area contributed by atoms with Crippen molar-refractivity contribution in [1.82, 2.24) is 20.9 Å². The van der Waals surface area contributed by atoms with Gasteiger partial charge in [-0.25, -0.2) is 0 Å². The van der Waals surface area contributed by atoms with E-state index in [2.05, 4.69) is 16.0 Å². The Balaban J connectivity index is 1.35. The lowest BCUT2D eigenvalue weighted by Crippen LogP contribution is -2.54. The van der Waals surface area contributed by atoms with Gasteiger partial charge in [0.1, 0.15) is 6.04 Å². The lowest BCUT2D eigenvalue weighted by atomic mass is 10.0. The number of carbonyl (C=O) groups is 4. The number of nitrogens with zero attached hydrogens (tertiary/aromatic N) is 1. The maximum absolute atomic E-state index is 12.8. The molecule has 1 unspecified atom stereocenters. The van der Waals surface area contributed by atoms with Crippen molar-refractivity contribution in [1.29, 1.82) is 0 Å². The molecule has 3 N–H and O–H groups in total. The molecule has 3 heterocycles. The number of amides is 4. The molecule has 8 heteroatoms. The summed E-state index contributed by atoms with van der Waals surface area (Å²) in [5, 5.41) is 9.16. The number of benzene rings is 1. The standard InChI is InChI=1S/C19H20N4O4/c24-15-4-3-14(16(25)22-15)23-17(26)12-2-1-10(5-13(12)18(23)27)7-21-19-6-11(19)8-20-9-19/h1-2,5,11,14,20-21H,3-4,6-9H2,(H,22,24,25)/t11-,14?,19-/m1/s1. The van der Waals surface area contributed by atoms with Crippen LogP contribution in [0.5, 0.6) is 0 Å². The van der Waals surface area contributed by atoms with Gasteiger partial charge in [0.25, 0.3) is 11.8 Å². The van der Waals surface area contributed by atoms with E-state index >= 15 is 0 Å². The fourth-order valence-electron chi connectivity index (χ4n) is 4.52. The highest BCUT2D eigenvalue weighted by molar-refractivity contribution is 6.23. The number of fused-ring (bicyclic) bond motifs is 2. The van der Waals surface area contributed by atoms with E-state index in [1.807, 2.05) is 6.07 Å². The largest absolute Gasteiger partial charge is 0.315 e. The van der Waals surface area contributed by atoms with Gasteiger partial charge in [-0.05, 0) is 43.0 Å². The lowest BCUT2D eigenvalue weighted by Gasteiger charge is -2.27. The molecule has 1 aromatic rings. The third kappa shape index (κ3) is 2.51. The van der Waals surface area contributed by atoms with E-state index in [4.69, 9.17) is 0 Å². The second kappa shape index (κ2) is 5.71. The van der Waals surface area contributed by atoms with Crippen molar-refractivity contribution in [3.8, 4) is 0 Å². The summed E-state index contributed by atoms with van der Waals surface area (Å²) in [6.45, 7) is 2.64. The van der Waals surface area contributed by atoms with Crippen molar-refractivity contribution in [2.75, 3.05) is 13.1 Å². The molecule has 27 heavy (non-hydrogen) atoms. The topological polar surface area (TPSA) is 108 Å². The Kier molecular flexibility index (Phi) is 3.50. The van der Waals surface area contributed by atoms with Gasteiger partial charge >= 0.3 is 0 Å². The van der Waals surface area contributed by atoms with Gasteiger partial charge in [-0.2, -0.15) is 0 Å². The molecule has 3 aliphatic heterocycles. The second-order valence-electron chi connectivity index (χ2n) is 7.87. The zero-order valence-corrected chi connectivity index (χ0v) is 14.7. The fraction of sp³-hybridized carbons (Fsp3) is 0.474. The number of rotatable bonds is 4. The van der Waals surface area contributed by atoms with Crippen LogP contribution in [0.2, 0.25) is 0 Å². The lowest BCUT2D eigenvalue weighted by molar-refractivity contribution is -0.136. The molecule has 1 aromatic carbocycles. The first-order valence-electron chi connectivity index (χ1n) is 9.29. The van der Waals surface area contributed by atoms with Crippen LogP contribution in [0.25, 0.3) is 0 Å². The summed E-state index contributed by atoms with van der Waals surface area (Å²) < 4.78 is 0. The molecule has 4 aliphatic rings. The molecule has 4 amide bonds. The maximum Gasteiger partial charge on any atom is 0.262 e. The Hall–Kier alpha value is -2.58. The van der Waals surface area contributed by atoms with Crippen molar-refractivity contribution >= 4 is 23.6 Å². The highest BCUT2D eigenvalue weighted by Crippen LogP contribution is 2.46. The number of piperidine rings is 2. The zero-order valence-electron chi connectivity index (χ0n) is 14.7. The van der Waals surface area contributed by atoms with Gasteiger partial charge in [0, 0.05) is 25.0 Å². The Morgan fingerprint density at radius 3 is 2.67 bits per heavy atom. The Labute approximate surface area is 155 Å². The van der Waals surface area contributed by atoms with E-state index in [-0.39, 0.29) is 24.3 Å². The molecule has 0 bridgehead atoms. The predicted octanol–water partition coefficient (Wildman–Crippen LogP) is -0.461. The van der Waals surface area contributed by atoms with E-state index in [1.165, 1.54) is 6.42 Å². The molecule has 1 aliphatic carbocycles. The van der Waals surface area contributed by atoms with Crippen LogP contribution in [0.4, 0.5) is 0 Å². The van der Waals surface area contributed by atoms with E-state index in [9.17, 15) is 19.2 Å². The van der Waals surface area contributed by atoms with E-state index in [0.717, 1.165) is 23.6 Å². The van der Waals surface area contributed by atoms with Crippen LogP contribution < -0.4 is 16.0 Å². The summed E-state index contributed by atoms with van der Waals surface area (Å²) in [4.78, 5) is 49.9. The van der Waals surface area contributed by atoms with Gasteiger partial charge < -0.3 is 10.6 Å². The van der Waals surface area contributed by atoms with E-state index in [0.29, 0.717) is 23.6 Å². The van der Waals surface area contributed by atoms with Gasteiger partial charge in [-0.15, -0.1) is 0 Å². The van der Waals surface area contributed by atoms with Crippen LogP contribution in [0, 0.1) is 5.92 Å². The van der Waals surface area contributed by atoms with E-state index < -0.39 is 23.8 Å². The van der Waals surface area contributed by atoms with Crippen molar-refractivity contribution in [2.24, 2.45) is 5.92 Å². The summed E-state index contributed by atoms with van der Waals surface area (Å²) in [6.07, 6.45) is 1.46. The molecule has 3 atom stereocenters. The summed E-state index contributed by atoms with van der Waals surface area (Å²) in [5.41, 5.74) is 1.77. The van der Waals surface area contributed by atoms with Gasteiger partial charge in [0.2, 0.25) is 11.8 Å². The van der Waals surface area contributed by atoms with Crippen molar-refractivity contribution in [2.45, 2.75) is 37.4 Å². The minimum Gasteiger partial charge on any atom is -0.315 e. The monoisotopic (exact) mass is 368 g/mol. The molecule has 0 spiro atoms. The van der Waals surface area contributed by atoms with Crippen molar-refractivity contribution in [3.63, 3.8) is 0 Å². The fourth-order valence-corrected chi connectivity index (χ4v) is 4.52. The van der Waals surface area contributed by atoms with Crippen LogP contribution >= 0.6 is 0 Å². The van der Waals surface area contributed by atoms with Crippen LogP contribution in [0.3, 0.4) is 0 Å². The predicted molar refractivity (Wildman–Crippen MR) is 93.7 cm³/mol. The summed E-state index contributed by atoms with van der Waals surface area (Å²) >= 11 is 0. The molecule has 3 fully saturated rings. The average molecular weight is 368 g/mol. The van der Waals surface area contributed by atoms with Gasteiger partial charge in [0.05, 0.1) is 11.1 Å². The highest BCUT2D eigenvalue weighted by atomic mass is 16.2. The van der Waals surface area contributed by atoms with Crippen molar-refractivity contribution < 1.29 is 19.2 Å². The molecule has 0 radical (unpaired) electrons. The first-order chi connectivity index (χ1) is 13.0. The molecule has 5 rings (SSSR count). The van der Waals surface area contributed by atoms with E-state index in [1.54, 1.807) is 12.1 Å². The first-order valence-corrected chi connectivity index (χ1v) is 9.29. The number of hydrogen-bond acceptors (Lipinski definition) is 6. The Morgan fingerprint density at radius 2 is 1.96 bits per heavy atom. The Morgan fingerprint density at radius 1 is 1.15 bits per heavy atom. The van der Waals surface area contributed by atoms with Crippen LogP contribution in [-0.4, -0.2) is 53.2 Å². The van der Waals surface area contributed by atoms with Crippen LogP contribution in [0.15, 0.2) is 18.2 Å². The highest BCUT2D eigenvalue weighted by Gasteiger charge is 2.56. The van der Waals surface area contributed by atoms with Gasteiger partial charge in [0.15, 0.2) is 0 Å². The zero-order chi connectivity index (χ0) is 18.8. The van der Waals surface area contributed by atoms with Crippen LogP contribution in [-0.2, 0) is 16.1 Å². The second-order valence-corrected chi connectivity index (χ2v) is 7.87. The minimum atomic E-state index is -0.924. The molecule has 8 nitrogen and oxygen atoms in total. The minimum absolute atomic E-state index is 0.121. The summed E-state index contributed by atoms with van der Waals surface area (Å²) in [7, 11) is 0. The quantitative estimate of drug-likeness (QED) is 0.621. The van der Waals surface area contributed by atoms with Crippen LogP contribution in [0.1, 0.15) is 45.5 Å². The number of carbonyl (C=O) groups excluding carboxylic acids is 4. The maximum atomic E-state index is 12.8. The number of hydrogen-bond donors (Lipinski definition) is 3. The smallest absolute Gasteiger partial charge is 0.262 e. The molecule has 140 valence electrons. The number of nitrogens with one attached hydrogen (secondary N) is 3. The summed E-state index contributed by atoms with van der Waals surface area (Å²) in [6, 6.07) is 4.33. The molecular weight excluding hydrogens is 348 g/mol. The molecule has 0 aromatic heterocycles. The van der Waals surface area contributed by atoms with Crippen molar-refractivity contribution in [3.05, 3.63) is 34.9 Å². The average Bonchev–Trinajstić information content (AvgIpc) is 3.10. The van der Waals surface area contributed by atoms with Gasteiger partial charge in [-0.1, -0.05) is 6.07 Å². The third-order valence-corrected chi connectivity index (χ3v) is 6.21. The molecule has 1 saturated carbocycles. The third-order valence-electron chi connectivity index (χ3n) is 6.21. The number of imide groups is 2. The first kappa shape index (κ1) is 16.6. The van der Waals surface area contributed by atoms with Gasteiger partial charge in [-0.3, -0.25) is 29.4 Å². The molecular formula is C19H20N4O4. The summed E-state index contributed by atoms with van der Waals surface area (Å²) in [5.74, 6) is -1.21. The normalized spacial score (nSPS) is 31.8. The molecule has 2 saturated heterocycles.